The maximum absolute atomic E-state index is 12.0. The van der Waals surface area contributed by atoms with E-state index in [1.54, 1.807) is 0 Å². The predicted octanol–water partition coefficient (Wildman–Crippen LogP) is -1.60. The van der Waals surface area contributed by atoms with Crippen LogP contribution in [0.15, 0.2) is 30.3 Å². The van der Waals surface area contributed by atoms with Gasteiger partial charge in [0.15, 0.2) is 0 Å². The highest BCUT2D eigenvalue weighted by atomic mass is 35.5. The van der Waals surface area contributed by atoms with Gasteiger partial charge < -0.3 is 22.2 Å². The molecule has 1 aromatic rings. The van der Waals surface area contributed by atoms with E-state index in [0.717, 1.165) is 32.6 Å². The summed E-state index contributed by atoms with van der Waals surface area (Å²) in [6.07, 6.45) is 1.49. The predicted molar refractivity (Wildman–Crippen MR) is 68.8 cm³/mol. The van der Waals surface area contributed by atoms with Crippen LogP contribution in [0.3, 0.4) is 0 Å². The van der Waals surface area contributed by atoms with E-state index in [2.05, 4.69) is 24.1 Å². The quantitative estimate of drug-likeness (QED) is 0.659. The molecule has 1 fully saturated rings. The standard InChI is InChI=1S/C14H20N2O.ClH/c1-15-9-11-16(12-10-15)14(17)8-7-13-5-3-2-4-6-13;/h2-6H,7-12H2,1H3;1H/p-1. The number of nitrogens with zero attached hydrogens (tertiary/aromatic N) is 2. The molecule has 3 nitrogen and oxygen atoms in total. The molecule has 2 rings (SSSR count). The van der Waals surface area contributed by atoms with Crippen LogP contribution in [0, 0.1) is 0 Å². The SMILES string of the molecule is CN1CCN(C(=O)CCc2ccccc2)CC1.[Cl-]. The molecule has 0 atom stereocenters. The highest BCUT2D eigenvalue weighted by Gasteiger charge is 2.18. The van der Waals surface area contributed by atoms with E-state index in [9.17, 15) is 4.79 Å². The molecule has 0 spiro atoms. The van der Waals surface area contributed by atoms with Gasteiger partial charge in [0, 0.05) is 32.6 Å². The number of hydrogen-bond acceptors (Lipinski definition) is 2. The topological polar surface area (TPSA) is 23.6 Å². The van der Waals surface area contributed by atoms with Crippen LogP contribution in [0.5, 0.6) is 0 Å². The van der Waals surface area contributed by atoms with Crippen molar-refractivity contribution in [1.29, 1.82) is 0 Å². The van der Waals surface area contributed by atoms with E-state index in [4.69, 9.17) is 0 Å². The van der Waals surface area contributed by atoms with Crippen molar-refractivity contribution in [3.05, 3.63) is 35.9 Å². The summed E-state index contributed by atoms with van der Waals surface area (Å²) in [5.74, 6) is 0.293. The van der Waals surface area contributed by atoms with Crippen molar-refractivity contribution >= 4 is 5.91 Å². The van der Waals surface area contributed by atoms with Crippen molar-refractivity contribution in [2.45, 2.75) is 12.8 Å². The van der Waals surface area contributed by atoms with Gasteiger partial charge in [-0.15, -0.1) is 0 Å². The number of halogens is 1. The highest BCUT2D eigenvalue weighted by Crippen LogP contribution is 2.06. The minimum Gasteiger partial charge on any atom is -1.00 e. The summed E-state index contributed by atoms with van der Waals surface area (Å²) < 4.78 is 0. The molecule has 0 aliphatic carbocycles. The molecule has 18 heavy (non-hydrogen) atoms. The fraction of sp³-hybridized carbons (Fsp3) is 0.500. The Labute approximate surface area is 115 Å². The largest absolute Gasteiger partial charge is 1.00 e. The first kappa shape index (κ1) is 15.0. The molecule has 0 bridgehead atoms. The molecule has 0 saturated carbocycles. The van der Waals surface area contributed by atoms with Crippen molar-refractivity contribution < 1.29 is 17.2 Å². The summed E-state index contributed by atoms with van der Waals surface area (Å²) >= 11 is 0. The number of carbonyl (C=O) groups is 1. The second-order valence-corrected chi connectivity index (χ2v) is 4.67. The summed E-state index contributed by atoms with van der Waals surface area (Å²) in [4.78, 5) is 16.2. The van der Waals surface area contributed by atoms with Crippen molar-refractivity contribution in [3.8, 4) is 0 Å². The van der Waals surface area contributed by atoms with Crippen LogP contribution in [0.4, 0.5) is 0 Å². The van der Waals surface area contributed by atoms with Crippen molar-refractivity contribution in [3.63, 3.8) is 0 Å². The fourth-order valence-corrected chi connectivity index (χ4v) is 2.11. The summed E-state index contributed by atoms with van der Waals surface area (Å²) in [5, 5.41) is 0. The summed E-state index contributed by atoms with van der Waals surface area (Å²) in [5.41, 5.74) is 1.25. The molecule has 1 aliphatic heterocycles. The van der Waals surface area contributed by atoms with Crippen LogP contribution in [0.2, 0.25) is 0 Å². The highest BCUT2D eigenvalue weighted by molar-refractivity contribution is 5.76. The van der Waals surface area contributed by atoms with E-state index in [1.807, 2.05) is 23.1 Å². The molecule has 0 aromatic heterocycles. The second kappa shape index (κ2) is 7.39. The zero-order valence-electron chi connectivity index (χ0n) is 10.8. The first-order valence-electron chi connectivity index (χ1n) is 6.26. The van der Waals surface area contributed by atoms with Crippen LogP contribution >= 0.6 is 0 Å². The van der Waals surface area contributed by atoms with Gasteiger partial charge in [-0.25, -0.2) is 0 Å². The van der Waals surface area contributed by atoms with Gasteiger partial charge in [0.1, 0.15) is 0 Å². The molecule has 4 heteroatoms. The van der Waals surface area contributed by atoms with Gasteiger partial charge in [-0.3, -0.25) is 4.79 Å². The van der Waals surface area contributed by atoms with E-state index >= 15 is 0 Å². The van der Waals surface area contributed by atoms with Crippen LogP contribution in [0.1, 0.15) is 12.0 Å². The Hall–Kier alpha value is -1.06. The Morgan fingerprint density at radius 1 is 1.11 bits per heavy atom. The third-order valence-electron chi connectivity index (χ3n) is 3.33. The van der Waals surface area contributed by atoms with Gasteiger partial charge in [-0.2, -0.15) is 0 Å². The van der Waals surface area contributed by atoms with Crippen molar-refractivity contribution in [2.75, 3.05) is 33.2 Å². The van der Waals surface area contributed by atoms with Gasteiger partial charge in [0.05, 0.1) is 0 Å². The average Bonchev–Trinajstić information content (AvgIpc) is 2.38. The number of aryl methyl sites for hydroxylation is 1. The minimum absolute atomic E-state index is 0. The van der Waals surface area contributed by atoms with E-state index in [0.29, 0.717) is 12.3 Å². The zero-order valence-corrected chi connectivity index (χ0v) is 11.6. The number of amides is 1. The second-order valence-electron chi connectivity index (χ2n) is 4.67. The molecule has 1 saturated heterocycles. The lowest BCUT2D eigenvalue weighted by Gasteiger charge is -2.32. The van der Waals surface area contributed by atoms with Gasteiger partial charge in [-0.1, -0.05) is 30.3 Å². The first-order chi connectivity index (χ1) is 8.25. The normalized spacial score (nSPS) is 16.2. The minimum atomic E-state index is 0. The van der Waals surface area contributed by atoms with E-state index in [1.165, 1.54) is 5.56 Å². The molecule has 1 heterocycles. The molecule has 100 valence electrons. The molecule has 1 amide bonds. The molecule has 0 radical (unpaired) electrons. The average molecular weight is 268 g/mol. The number of hydrogen-bond donors (Lipinski definition) is 0. The monoisotopic (exact) mass is 267 g/mol. The Bertz CT molecular complexity index is 361. The van der Waals surface area contributed by atoms with E-state index < -0.39 is 0 Å². The van der Waals surface area contributed by atoms with Crippen molar-refractivity contribution in [1.82, 2.24) is 9.80 Å². The Morgan fingerprint density at radius 2 is 1.72 bits per heavy atom. The third kappa shape index (κ3) is 4.31. The lowest BCUT2D eigenvalue weighted by atomic mass is 10.1. The maximum atomic E-state index is 12.0. The Balaban J connectivity index is 0.00000162. The molecule has 1 aromatic carbocycles. The third-order valence-corrected chi connectivity index (χ3v) is 3.33. The van der Waals surface area contributed by atoms with Crippen LogP contribution < -0.4 is 12.4 Å². The van der Waals surface area contributed by atoms with Crippen LogP contribution in [-0.4, -0.2) is 48.9 Å². The molecule has 1 aliphatic rings. The Morgan fingerprint density at radius 3 is 2.33 bits per heavy atom. The smallest absolute Gasteiger partial charge is 0.222 e. The van der Waals surface area contributed by atoms with Crippen LogP contribution in [0.25, 0.3) is 0 Å². The zero-order chi connectivity index (χ0) is 12.1. The number of rotatable bonds is 3. The van der Waals surface area contributed by atoms with Gasteiger partial charge in [0.2, 0.25) is 5.91 Å². The molecular formula is C14H20ClN2O-. The summed E-state index contributed by atoms with van der Waals surface area (Å²) in [6.45, 7) is 3.75. The number of likely N-dealkylation sites (N-methyl/N-ethyl adjacent to an activating group) is 1. The first-order valence-corrected chi connectivity index (χ1v) is 6.26. The molecule has 0 unspecified atom stereocenters. The van der Waals surface area contributed by atoms with Gasteiger partial charge in [0.25, 0.3) is 0 Å². The number of carbonyl (C=O) groups excluding carboxylic acids is 1. The maximum Gasteiger partial charge on any atom is 0.222 e. The van der Waals surface area contributed by atoms with Gasteiger partial charge in [-0.05, 0) is 19.0 Å². The Kier molecular flexibility index (Phi) is 6.16. The van der Waals surface area contributed by atoms with Gasteiger partial charge >= 0.3 is 0 Å². The number of piperazine rings is 1. The van der Waals surface area contributed by atoms with Crippen molar-refractivity contribution in [2.24, 2.45) is 0 Å². The summed E-state index contributed by atoms with van der Waals surface area (Å²) in [7, 11) is 2.10. The van der Waals surface area contributed by atoms with E-state index in [-0.39, 0.29) is 12.4 Å². The lowest BCUT2D eigenvalue weighted by Crippen LogP contribution is -3.00. The summed E-state index contributed by atoms with van der Waals surface area (Å²) in [6, 6.07) is 10.2. The van der Waals surface area contributed by atoms with Crippen LogP contribution in [-0.2, 0) is 11.2 Å². The number of benzene rings is 1. The lowest BCUT2D eigenvalue weighted by molar-refractivity contribution is -0.132. The molecule has 0 N–H and O–H groups in total. The molecular weight excluding hydrogens is 248 g/mol. The fourth-order valence-electron chi connectivity index (χ4n) is 2.11.